The molecule has 154 valence electrons. The van der Waals surface area contributed by atoms with Crippen LogP contribution in [-0.2, 0) is 17.9 Å². The maximum atomic E-state index is 12.7. The van der Waals surface area contributed by atoms with Gasteiger partial charge in [-0.15, -0.1) is 0 Å². The Morgan fingerprint density at radius 3 is 2.33 bits per heavy atom. The van der Waals surface area contributed by atoms with Crippen molar-refractivity contribution in [1.29, 1.82) is 0 Å². The molecule has 4 rings (SSSR count). The number of nitrogens with zero attached hydrogens (tertiary/aromatic N) is 4. The molecule has 1 N–H and O–H groups in total. The molecular formula is C23H25N5O2. The van der Waals surface area contributed by atoms with Gasteiger partial charge in [0.25, 0.3) is 0 Å². The zero-order valence-electron chi connectivity index (χ0n) is 17.4. The quantitative estimate of drug-likeness (QED) is 0.537. The van der Waals surface area contributed by atoms with Crippen LogP contribution in [0.3, 0.4) is 0 Å². The van der Waals surface area contributed by atoms with E-state index >= 15 is 0 Å². The maximum absolute atomic E-state index is 12.7. The number of hydrogen-bond donors (Lipinski definition) is 1. The first-order valence-electron chi connectivity index (χ1n) is 10.1. The first-order valence-corrected chi connectivity index (χ1v) is 10.1. The normalized spacial score (nSPS) is 12.2. The zero-order valence-corrected chi connectivity index (χ0v) is 17.4. The largest absolute Gasteiger partial charge is 0.348 e. The number of fused-ring (bicyclic) bond motifs is 1. The fourth-order valence-electron chi connectivity index (χ4n) is 3.82. The van der Waals surface area contributed by atoms with Crippen LogP contribution in [-0.4, -0.2) is 24.6 Å². The van der Waals surface area contributed by atoms with Gasteiger partial charge in [-0.3, -0.25) is 13.9 Å². The average molecular weight is 403 g/mol. The van der Waals surface area contributed by atoms with Crippen LogP contribution >= 0.6 is 0 Å². The van der Waals surface area contributed by atoms with Crippen LogP contribution in [0, 0.1) is 6.92 Å². The molecule has 4 aromatic rings. The molecule has 0 bridgehead atoms. The molecule has 30 heavy (non-hydrogen) atoms. The lowest BCUT2D eigenvalue weighted by Gasteiger charge is -2.15. The van der Waals surface area contributed by atoms with E-state index in [4.69, 9.17) is 0 Å². The number of aromatic nitrogens is 4. The molecule has 0 fully saturated rings. The summed E-state index contributed by atoms with van der Waals surface area (Å²) in [4.78, 5) is 29.7. The van der Waals surface area contributed by atoms with Crippen molar-refractivity contribution in [2.45, 2.75) is 39.9 Å². The molecule has 2 heterocycles. The van der Waals surface area contributed by atoms with Crippen LogP contribution in [0.4, 0.5) is 0 Å². The first-order chi connectivity index (χ1) is 14.5. The van der Waals surface area contributed by atoms with Crippen molar-refractivity contribution in [3.63, 3.8) is 0 Å². The highest BCUT2D eigenvalue weighted by Crippen LogP contribution is 2.17. The third-order valence-electron chi connectivity index (χ3n) is 5.42. The lowest BCUT2D eigenvalue weighted by Crippen LogP contribution is -2.34. The topological polar surface area (TPSA) is 73.8 Å². The zero-order chi connectivity index (χ0) is 21.3. The molecule has 2 aromatic heterocycles. The van der Waals surface area contributed by atoms with Crippen molar-refractivity contribution >= 4 is 16.9 Å². The average Bonchev–Trinajstić information content (AvgIpc) is 3.29. The highest BCUT2D eigenvalue weighted by molar-refractivity contribution is 5.81. The molecule has 0 aliphatic heterocycles. The van der Waals surface area contributed by atoms with E-state index in [-0.39, 0.29) is 24.2 Å². The van der Waals surface area contributed by atoms with Crippen LogP contribution < -0.4 is 11.0 Å². The van der Waals surface area contributed by atoms with Gasteiger partial charge in [0, 0.05) is 24.6 Å². The van der Waals surface area contributed by atoms with E-state index in [1.807, 2.05) is 80.1 Å². The predicted molar refractivity (Wildman–Crippen MR) is 117 cm³/mol. The van der Waals surface area contributed by atoms with Gasteiger partial charge in [-0.05, 0) is 50.6 Å². The lowest BCUT2D eigenvalue weighted by atomic mass is 10.1. The number of nitrogens with one attached hydrogen (secondary N) is 1. The first kappa shape index (κ1) is 19.7. The van der Waals surface area contributed by atoms with Gasteiger partial charge in [0.1, 0.15) is 12.4 Å². The summed E-state index contributed by atoms with van der Waals surface area (Å²) in [6.45, 7) is 6.37. The van der Waals surface area contributed by atoms with E-state index in [1.54, 1.807) is 10.8 Å². The third-order valence-corrected chi connectivity index (χ3v) is 5.42. The standard InChI is InChI=1S/C23H25N5O2/c1-4-26-20-7-5-6-8-21(20)28(23(26)30)15-22(29)25-16(2)18-9-11-19(12-10-18)27-14-13-24-17(27)3/h5-14,16H,4,15H2,1-3H3,(H,25,29)/t16-/m1/s1. The molecular weight excluding hydrogens is 378 g/mol. The van der Waals surface area contributed by atoms with Crippen molar-refractivity contribution in [2.24, 2.45) is 0 Å². The Morgan fingerprint density at radius 1 is 1.07 bits per heavy atom. The van der Waals surface area contributed by atoms with E-state index in [9.17, 15) is 9.59 Å². The Bertz CT molecular complexity index is 1250. The van der Waals surface area contributed by atoms with Crippen molar-refractivity contribution in [3.8, 4) is 5.69 Å². The highest BCUT2D eigenvalue weighted by Gasteiger charge is 2.16. The van der Waals surface area contributed by atoms with Crippen LogP contribution in [0.5, 0.6) is 0 Å². The summed E-state index contributed by atoms with van der Waals surface area (Å²) in [6.07, 6.45) is 3.68. The van der Waals surface area contributed by atoms with Gasteiger partial charge in [-0.2, -0.15) is 0 Å². The Kier molecular flexibility index (Phi) is 5.27. The number of imidazole rings is 2. The number of rotatable bonds is 6. The van der Waals surface area contributed by atoms with Crippen LogP contribution in [0.1, 0.15) is 31.3 Å². The second kappa shape index (κ2) is 8.02. The van der Waals surface area contributed by atoms with E-state index in [1.165, 1.54) is 4.57 Å². The monoisotopic (exact) mass is 403 g/mol. The predicted octanol–water partition coefficient (Wildman–Crippen LogP) is 3.19. The molecule has 1 amide bonds. The highest BCUT2D eigenvalue weighted by atomic mass is 16.2. The van der Waals surface area contributed by atoms with Crippen LogP contribution in [0.25, 0.3) is 16.7 Å². The smallest absolute Gasteiger partial charge is 0.329 e. The summed E-state index contributed by atoms with van der Waals surface area (Å²) in [7, 11) is 0. The van der Waals surface area contributed by atoms with Gasteiger partial charge in [-0.25, -0.2) is 9.78 Å². The molecule has 7 nitrogen and oxygen atoms in total. The van der Waals surface area contributed by atoms with Gasteiger partial charge in [-0.1, -0.05) is 24.3 Å². The van der Waals surface area contributed by atoms with Crippen molar-refractivity contribution in [3.05, 3.63) is 82.8 Å². The molecule has 0 aliphatic rings. The number of carbonyl (C=O) groups is 1. The van der Waals surface area contributed by atoms with Crippen molar-refractivity contribution in [1.82, 2.24) is 24.0 Å². The molecule has 2 aromatic carbocycles. The van der Waals surface area contributed by atoms with Gasteiger partial charge in [0.15, 0.2) is 0 Å². The molecule has 0 saturated heterocycles. The Morgan fingerprint density at radius 2 is 1.73 bits per heavy atom. The van der Waals surface area contributed by atoms with E-state index in [2.05, 4.69) is 10.3 Å². The molecule has 0 saturated carbocycles. The number of carbonyl (C=O) groups excluding carboxylic acids is 1. The Hall–Kier alpha value is -3.61. The summed E-state index contributed by atoms with van der Waals surface area (Å²) < 4.78 is 5.22. The number of benzene rings is 2. The minimum Gasteiger partial charge on any atom is -0.348 e. The summed E-state index contributed by atoms with van der Waals surface area (Å²) in [6, 6.07) is 15.4. The van der Waals surface area contributed by atoms with Gasteiger partial charge < -0.3 is 9.88 Å². The molecule has 0 unspecified atom stereocenters. The number of para-hydroxylation sites is 2. The summed E-state index contributed by atoms with van der Waals surface area (Å²) in [5.74, 6) is 0.721. The number of hydrogen-bond acceptors (Lipinski definition) is 3. The second-order valence-electron chi connectivity index (χ2n) is 7.33. The summed E-state index contributed by atoms with van der Waals surface area (Å²) in [5, 5.41) is 3.00. The van der Waals surface area contributed by atoms with Crippen LogP contribution in [0.15, 0.2) is 65.7 Å². The Balaban J connectivity index is 1.50. The van der Waals surface area contributed by atoms with Crippen molar-refractivity contribution in [2.75, 3.05) is 0 Å². The fraction of sp³-hybridized carbons (Fsp3) is 0.261. The van der Waals surface area contributed by atoms with Crippen molar-refractivity contribution < 1.29 is 4.79 Å². The van der Waals surface area contributed by atoms with Gasteiger partial charge in [0.2, 0.25) is 5.91 Å². The molecule has 7 heteroatoms. The Labute approximate surface area is 174 Å². The van der Waals surface area contributed by atoms with E-state index < -0.39 is 0 Å². The molecule has 0 radical (unpaired) electrons. The second-order valence-corrected chi connectivity index (χ2v) is 7.33. The van der Waals surface area contributed by atoms with E-state index in [0.29, 0.717) is 6.54 Å². The van der Waals surface area contributed by atoms with Crippen LogP contribution in [0.2, 0.25) is 0 Å². The number of aryl methyl sites for hydroxylation is 2. The minimum atomic E-state index is -0.196. The molecule has 1 atom stereocenters. The number of amides is 1. The molecule has 0 spiro atoms. The van der Waals surface area contributed by atoms with Gasteiger partial charge in [0.05, 0.1) is 17.1 Å². The summed E-state index contributed by atoms with van der Waals surface area (Å²) in [5.41, 5.74) is 3.46. The lowest BCUT2D eigenvalue weighted by molar-refractivity contribution is -0.122. The fourth-order valence-corrected chi connectivity index (χ4v) is 3.82. The SMILES string of the molecule is CCn1c(=O)n(CC(=O)N[C@H](C)c2ccc(-n3ccnc3C)cc2)c2ccccc21. The maximum Gasteiger partial charge on any atom is 0.329 e. The summed E-state index contributed by atoms with van der Waals surface area (Å²) >= 11 is 0. The van der Waals surface area contributed by atoms with E-state index in [0.717, 1.165) is 28.1 Å². The molecule has 0 aliphatic carbocycles. The van der Waals surface area contributed by atoms with Gasteiger partial charge >= 0.3 is 5.69 Å². The minimum absolute atomic E-state index is 0.0109. The third kappa shape index (κ3) is 3.54.